The molecule has 0 bridgehead atoms. The van der Waals surface area contributed by atoms with Gasteiger partial charge in [-0.3, -0.25) is 0 Å². The minimum Gasteiger partial charge on any atom is -0.507 e. The van der Waals surface area contributed by atoms with Gasteiger partial charge in [0.15, 0.2) is 0 Å². The van der Waals surface area contributed by atoms with Crippen molar-refractivity contribution in [3.05, 3.63) is 99.6 Å². The van der Waals surface area contributed by atoms with Crippen molar-refractivity contribution in [3.8, 4) is 5.75 Å². The Morgan fingerprint density at radius 2 is 1.46 bits per heavy atom. The van der Waals surface area contributed by atoms with Crippen LogP contribution in [0.1, 0.15) is 29.4 Å². The SMILES string of the molecule is C/C(=N/N=C(c1ccccc1)c1ccccc1)c1c(O)cc(C)oc1=O. The summed E-state index contributed by atoms with van der Waals surface area (Å²) in [5.41, 5.74) is 2.12. The second-order valence-electron chi connectivity index (χ2n) is 5.77. The number of aromatic hydroxyl groups is 1. The van der Waals surface area contributed by atoms with Crippen LogP contribution in [0.25, 0.3) is 0 Å². The molecule has 26 heavy (non-hydrogen) atoms. The van der Waals surface area contributed by atoms with Crippen LogP contribution in [0.5, 0.6) is 5.75 Å². The van der Waals surface area contributed by atoms with Gasteiger partial charge in [-0.25, -0.2) is 4.79 Å². The van der Waals surface area contributed by atoms with Crippen LogP contribution in [0.2, 0.25) is 0 Å². The van der Waals surface area contributed by atoms with E-state index in [0.29, 0.717) is 11.5 Å². The molecule has 0 saturated carbocycles. The Hall–Kier alpha value is -3.47. The summed E-state index contributed by atoms with van der Waals surface area (Å²) < 4.78 is 5.04. The quantitative estimate of drug-likeness (QED) is 0.575. The Kier molecular flexibility index (Phi) is 5.08. The summed E-state index contributed by atoms with van der Waals surface area (Å²) in [6.07, 6.45) is 0. The molecule has 130 valence electrons. The summed E-state index contributed by atoms with van der Waals surface area (Å²) in [7, 11) is 0. The molecule has 0 atom stereocenters. The van der Waals surface area contributed by atoms with E-state index < -0.39 is 5.63 Å². The van der Waals surface area contributed by atoms with Gasteiger partial charge >= 0.3 is 5.63 Å². The van der Waals surface area contributed by atoms with Crippen molar-refractivity contribution in [2.75, 3.05) is 0 Å². The fraction of sp³-hybridized carbons (Fsp3) is 0.0952. The molecule has 0 aliphatic heterocycles. The molecule has 1 aromatic heterocycles. The molecule has 0 aliphatic rings. The average molecular weight is 346 g/mol. The molecular weight excluding hydrogens is 328 g/mol. The molecule has 0 aliphatic carbocycles. The maximum atomic E-state index is 12.0. The van der Waals surface area contributed by atoms with Gasteiger partial charge in [0.05, 0.1) is 5.71 Å². The van der Waals surface area contributed by atoms with Gasteiger partial charge in [-0.05, 0) is 13.8 Å². The number of benzene rings is 2. The summed E-state index contributed by atoms with van der Waals surface area (Å²) in [6, 6.07) is 20.7. The minimum absolute atomic E-state index is 0.0137. The number of hydrogen-bond acceptors (Lipinski definition) is 5. The number of hydrogen-bond donors (Lipinski definition) is 1. The van der Waals surface area contributed by atoms with Crippen molar-refractivity contribution in [1.82, 2.24) is 0 Å². The minimum atomic E-state index is -0.639. The predicted molar refractivity (Wildman–Crippen MR) is 102 cm³/mol. The molecule has 2 aromatic carbocycles. The molecule has 5 nitrogen and oxygen atoms in total. The Labute approximate surface area is 151 Å². The normalized spacial score (nSPS) is 11.2. The molecule has 0 amide bonds. The molecule has 0 saturated heterocycles. The van der Waals surface area contributed by atoms with Gasteiger partial charge in [0, 0.05) is 17.2 Å². The van der Waals surface area contributed by atoms with Crippen molar-refractivity contribution in [2.45, 2.75) is 13.8 Å². The largest absolute Gasteiger partial charge is 0.507 e. The highest BCUT2D eigenvalue weighted by Gasteiger charge is 2.13. The Bertz CT molecular complexity index is 979. The second-order valence-corrected chi connectivity index (χ2v) is 5.77. The lowest BCUT2D eigenvalue weighted by Gasteiger charge is -2.06. The third-order valence-electron chi connectivity index (χ3n) is 3.81. The molecule has 0 fully saturated rings. The zero-order chi connectivity index (χ0) is 18.5. The number of nitrogens with zero attached hydrogens (tertiary/aromatic N) is 2. The molecule has 1 N–H and O–H groups in total. The molecule has 5 heteroatoms. The van der Waals surface area contributed by atoms with Crippen LogP contribution in [0.4, 0.5) is 0 Å². The van der Waals surface area contributed by atoms with Crippen LogP contribution in [0, 0.1) is 6.92 Å². The first-order valence-corrected chi connectivity index (χ1v) is 8.13. The van der Waals surface area contributed by atoms with Crippen LogP contribution in [0.3, 0.4) is 0 Å². The van der Waals surface area contributed by atoms with E-state index in [1.165, 1.54) is 6.07 Å². The average Bonchev–Trinajstić information content (AvgIpc) is 2.63. The number of rotatable bonds is 4. The van der Waals surface area contributed by atoms with E-state index in [4.69, 9.17) is 4.42 Å². The van der Waals surface area contributed by atoms with Gasteiger partial charge in [0.1, 0.15) is 22.8 Å². The highest BCUT2D eigenvalue weighted by Crippen LogP contribution is 2.16. The first-order chi connectivity index (χ1) is 12.6. The highest BCUT2D eigenvalue weighted by atomic mass is 16.4. The van der Waals surface area contributed by atoms with E-state index in [1.807, 2.05) is 60.7 Å². The second kappa shape index (κ2) is 7.61. The fourth-order valence-corrected chi connectivity index (χ4v) is 2.58. The zero-order valence-electron chi connectivity index (χ0n) is 14.5. The third kappa shape index (κ3) is 3.78. The van der Waals surface area contributed by atoms with E-state index in [0.717, 1.165) is 11.1 Å². The van der Waals surface area contributed by atoms with Gasteiger partial charge in [0.25, 0.3) is 0 Å². The van der Waals surface area contributed by atoms with Gasteiger partial charge in [-0.2, -0.15) is 5.10 Å². The number of aryl methyl sites for hydroxylation is 1. The molecule has 0 unspecified atom stereocenters. The van der Waals surface area contributed by atoms with E-state index in [9.17, 15) is 9.90 Å². The maximum Gasteiger partial charge on any atom is 0.348 e. The summed E-state index contributed by atoms with van der Waals surface area (Å²) in [4.78, 5) is 12.0. The molecule has 1 heterocycles. The molecular formula is C21H18N2O3. The van der Waals surface area contributed by atoms with Crippen molar-refractivity contribution < 1.29 is 9.52 Å². The van der Waals surface area contributed by atoms with Crippen LogP contribution in [-0.2, 0) is 0 Å². The Morgan fingerprint density at radius 1 is 0.923 bits per heavy atom. The van der Waals surface area contributed by atoms with Crippen molar-refractivity contribution in [1.29, 1.82) is 0 Å². The molecule has 0 spiro atoms. The van der Waals surface area contributed by atoms with Crippen LogP contribution < -0.4 is 5.63 Å². The third-order valence-corrected chi connectivity index (χ3v) is 3.81. The van der Waals surface area contributed by atoms with E-state index in [1.54, 1.807) is 13.8 Å². The smallest absolute Gasteiger partial charge is 0.348 e. The zero-order valence-corrected chi connectivity index (χ0v) is 14.5. The lowest BCUT2D eigenvalue weighted by atomic mass is 10.0. The van der Waals surface area contributed by atoms with Crippen molar-refractivity contribution in [2.24, 2.45) is 10.2 Å². The predicted octanol–water partition coefficient (Wildman–Crippen LogP) is 3.92. The van der Waals surface area contributed by atoms with E-state index in [2.05, 4.69) is 10.2 Å². The lowest BCUT2D eigenvalue weighted by Crippen LogP contribution is -2.13. The fourth-order valence-electron chi connectivity index (χ4n) is 2.58. The van der Waals surface area contributed by atoms with Crippen molar-refractivity contribution in [3.63, 3.8) is 0 Å². The first kappa shape index (κ1) is 17.4. The summed E-state index contributed by atoms with van der Waals surface area (Å²) in [5.74, 6) is 0.165. The topological polar surface area (TPSA) is 75.2 Å². The van der Waals surface area contributed by atoms with Crippen molar-refractivity contribution >= 4 is 11.4 Å². The standard InChI is InChI=1S/C21H18N2O3/c1-14-13-18(24)19(21(25)26-14)15(2)22-23-20(16-9-5-3-6-10-16)17-11-7-4-8-12-17/h3-13,24H,1-2H3/b22-15-. The van der Waals surface area contributed by atoms with E-state index in [-0.39, 0.29) is 17.0 Å². The van der Waals surface area contributed by atoms with Gasteiger partial charge in [0.2, 0.25) is 0 Å². The van der Waals surface area contributed by atoms with Gasteiger partial charge < -0.3 is 9.52 Å². The lowest BCUT2D eigenvalue weighted by molar-refractivity contribution is 0.432. The van der Waals surface area contributed by atoms with Crippen LogP contribution >= 0.6 is 0 Å². The molecule has 3 aromatic rings. The van der Waals surface area contributed by atoms with Gasteiger partial charge in [-0.15, -0.1) is 5.10 Å². The first-order valence-electron chi connectivity index (χ1n) is 8.13. The summed E-state index contributed by atoms with van der Waals surface area (Å²) >= 11 is 0. The van der Waals surface area contributed by atoms with Crippen LogP contribution in [0.15, 0.2) is 86.1 Å². The summed E-state index contributed by atoms with van der Waals surface area (Å²) in [6.45, 7) is 3.21. The molecule has 3 rings (SSSR count). The maximum absolute atomic E-state index is 12.0. The van der Waals surface area contributed by atoms with E-state index >= 15 is 0 Å². The Morgan fingerprint density at radius 3 is 1.96 bits per heavy atom. The summed E-state index contributed by atoms with van der Waals surface area (Å²) in [5, 5.41) is 18.6. The van der Waals surface area contributed by atoms with Gasteiger partial charge in [-0.1, -0.05) is 60.7 Å². The Balaban J connectivity index is 2.10. The highest BCUT2D eigenvalue weighted by molar-refractivity contribution is 6.13. The molecule has 0 radical (unpaired) electrons. The van der Waals surface area contributed by atoms with Crippen LogP contribution in [-0.4, -0.2) is 16.5 Å². The monoisotopic (exact) mass is 346 g/mol.